The van der Waals surface area contributed by atoms with Gasteiger partial charge in [0, 0.05) is 13.6 Å². The van der Waals surface area contributed by atoms with Crippen molar-refractivity contribution in [3.8, 4) is 5.75 Å². The summed E-state index contributed by atoms with van der Waals surface area (Å²) in [6.07, 6.45) is -0.292. The highest BCUT2D eigenvalue weighted by atomic mass is 19.1. The van der Waals surface area contributed by atoms with Crippen molar-refractivity contribution >= 4 is 11.7 Å². The van der Waals surface area contributed by atoms with Crippen LogP contribution in [0.4, 0.5) is 10.2 Å². The van der Waals surface area contributed by atoms with Crippen molar-refractivity contribution in [1.82, 2.24) is 9.88 Å². The molecule has 1 saturated heterocycles. The molecule has 0 saturated carbocycles. The molecule has 25 heavy (non-hydrogen) atoms. The van der Waals surface area contributed by atoms with Gasteiger partial charge in [-0.1, -0.05) is 18.2 Å². The lowest BCUT2D eigenvalue weighted by Gasteiger charge is -2.32. The monoisotopic (exact) mass is 345 g/mol. The zero-order valence-electron chi connectivity index (χ0n) is 13.9. The van der Waals surface area contributed by atoms with Crippen molar-refractivity contribution in [2.24, 2.45) is 0 Å². The molecule has 7 heteroatoms. The molecule has 1 aliphatic heterocycles. The molecule has 0 aliphatic carbocycles. The summed E-state index contributed by atoms with van der Waals surface area (Å²) in [5.74, 6) is 0.126. The number of amides is 1. The number of halogens is 1. The number of carbonyl (C=O) groups excluding carboxylic acids is 1. The quantitative estimate of drug-likeness (QED) is 0.900. The molecule has 3 rings (SSSR count). The minimum atomic E-state index is -0.483. The number of morpholine rings is 1. The molecule has 2 heterocycles. The second-order valence-electron chi connectivity index (χ2n) is 5.62. The lowest BCUT2D eigenvalue weighted by molar-refractivity contribution is -0.141. The van der Waals surface area contributed by atoms with Crippen molar-refractivity contribution in [2.75, 3.05) is 38.7 Å². The zero-order chi connectivity index (χ0) is 17.6. The Labute approximate surface area is 145 Å². The van der Waals surface area contributed by atoms with E-state index in [2.05, 4.69) is 10.3 Å². The third kappa shape index (κ3) is 4.24. The maximum atomic E-state index is 13.6. The molecule has 0 radical (unpaired) electrons. The fourth-order valence-electron chi connectivity index (χ4n) is 2.62. The summed E-state index contributed by atoms with van der Waals surface area (Å²) in [7, 11) is 1.80. The number of carbonyl (C=O) groups is 1. The number of rotatable bonds is 5. The van der Waals surface area contributed by atoms with Gasteiger partial charge in [0.05, 0.1) is 18.8 Å². The van der Waals surface area contributed by atoms with Gasteiger partial charge in [0.25, 0.3) is 5.91 Å². The molecule has 1 N–H and O–H groups in total. The van der Waals surface area contributed by atoms with E-state index in [1.165, 1.54) is 12.1 Å². The lowest BCUT2D eigenvalue weighted by atomic mass is 10.2. The Morgan fingerprint density at radius 2 is 2.20 bits per heavy atom. The van der Waals surface area contributed by atoms with Gasteiger partial charge in [0.2, 0.25) is 0 Å². The number of hydrogen-bond donors (Lipinski definition) is 1. The molecule has 6 nitrogen and oxygen atoms in total. The smallest absolute Gasteiger partial charge is 0.260 e. The first kappa shape index (κ1) is 17.2. The molecule has 0 bridgehead atoms. The van der Waals surface area contributed by atoms with Gasteiger partial charge in [0.15, 0.2) is 18.2 Å². The number of pyridine rings is 1. The number of ether oxygens (including phenoxy) is 2. The molecule has 1 aliphatic rings. The molecule has 0 spiro atoms. The molecule has 1 amide bonds. The highest BCUT2D eigenvalue weighted by Gasteiger charge is 2.26. The standard InChI is InChI=1S/C18H20FN3O3/c1-20-17-8-4-6-14(21-17)16-11-22(9-10-24-16)18(23)12-25-15-7-3-2-5-13(15)19/h2-8,16H,9-12H2,1H3,(H,20,21)/t16-/m1/s1. The van der Waals surface area contributed by atoms with Crippen LogP contribution in [0.15, 0.2) is 42.5 Å². The summed E-state index contributed by atoms with van der Waals surface area (Å²) >= 11 is 0. The van der Waals surface area contributed by atoms with E-state index in [0.717, 1.165) is 11.5 Å². The van der Waals surface area contributed by atoms with E-state index < -0.39 is 5.82 Å². The van der Waals surface area contributed by atoms with Gasteiger partial charge in [-0.15, -0.1) is 0 Å². The highest BCUT2D eigenvalue weighted by molar-refractivity contribution is 5.78. The van der Waals surface area contributed by atoms with Gasteiger partial charge in [-0.05, 0) is 24.3 Å². The van der Waals surface area contributed by atoms with E-state index in [1.54, 1.807) is 24.1 Å². The van der Waals surface area contributed by atoms with E-state index in [-0.39, 0.29) is 24.4 Å². The molecular weight excluding hydrogens is 325 g/mol. The number of nitrogens with zero attached hydrogens (tertiary/aromatic N) is 2. The summed E-state index contributed by atoms with van der Waals surface area (Å²) < 4.78 is 24.6. The van der Waals surface area contributed by atoms with Crippen LogP contribution in [0.25, 0.3) is 0 Å². The highest BCUT2D eigenvalue weighted by Crippen LogP contribution is 2.22. The molecule has 1 fully saturated rings. The Hall–Kier alpha value is -2.67. The number of benzene rings is 1. The van der Waals surface area contributed by atoms with Crippen molar-refractivity contribution in [1.29, 1.82) is 0 Å². The van der Waals surface area contributed by atoms with Gasteiger partial charge in [-0.2, -0.15) is 0 Å². The van der Waals surface area contributed by atoms with E-state index in [4.69, 9.17) is 9.47 Å². The van der Waals surface area contributed by atoms with E-state index in [9.17, 15) is 9.18 Å². The number of nitrogens with one attached hydrogen (secondary N) is 1. The summed E-state index contributed by atoms with van der Waals surface area (Å²) in [6, 6.07) is 11.6. The van der Waals surface area contributed by atoms with Gasteiger partial charge < -0.3 is 19.7 Å². The van der Waals surface area contributed by atoms with Gasteiger partial charge >= 0.3 is 0 Å². The number of aromatic nitrogens is 1. The second-order valence-corrected chi connectivity index (χ2v) is 5.62. The minimum Gasteiger partial charge on any atom is -0.481 e. The fraction of sp³-hybridized carbons (Fsp3) is 0.333. The van der Waals surface area contributed by atoms with Crippen LogP contribution in [0.3, 0.4) is 0 Å². The topological polar surface area (TPSA) is 63.7 Å². The van der Waals surface area contributed by atoms with Gasteiger partial charge in [-0.3, -0.25) is 4.79 Å². The van der Waals surface area contributed by atoms with Crippen LogP contribution in [-0.2, 0) is 9.53 Å². The van der Waals surface area contributed by atoms with E-state index in [1.807, 2.05) is 18.2 Å². The Morgan fingerprint density at radius 1 is 1.36 bits per heavy atom. The maximum absolute atomic E-state index is 13.6. The Balaban J connectivity index is 1.60. The molecular formula is C18H20FN3O3. The fourth-order valence-corrected chi connectivity index (χ4v) is 2.62. The normalized spacial score (nSPS) is 17.2. The van der Waals surface area contributed by atoms with Crippen molar-refractivity contribution in [3.05, 3.63) is 54.0 Å². The van der Waals surface area contributed by atoms with Crippen LogP contribution in [0.5, 0.6) is 5.75 Å². The van der Waals surface area contributed by atoms with Crippen LogP contribution >= 0.6 is 0 Å². The Kier molecular flexibility index (Phi) is 5.45. The van der Waals surface area contributed by atoms with Crippen molar-refractivity contribution in [2.45, 2.75) is 6.10 Å². The van der Waals surface area contributed by atoms with Crippen LogP contribution in [0.1, 0.15) is 11.8 Å². The number of anilines is 1. The maximum Gasteiger partial charge on any atom is 0.260 e. The number of hydrogen-bond acceptors (Lipinski definition) is 5. The largest absolute Gasteiger partial charge is 0.481 e. The number of para-hydroxylation sites is 1. The average molecular weight is 345 g/mol. The lowest BCUT2D eigenvalue weighted by Crippen LogP contribution is -2.44. The summed E-state index contributed by atoms with van der Waals surface area (Å²) in [5, 5.41) is 2.98. The Bertz CT molecular complexity index is 741. The van der Waals surface area contributed by atoms with E-state index >= 15 is 0 Å². The van der Waals surface area contributed by atoms with Gasteiger partial charge in [-0.25, -0.2) is 9.37 Å². The Morgan fingerprint density at radius 3 is 3.00 bits per heavy atom. The first-order valence-corrected chi connectivity index (χ1v) is 8.09. The van der Waals surface area contributed by atoms with Crippen LogP contribution in [-0.4, -0.2) is 49.1 Å². The summed E-state index contributed by atoms with van der Waals surface area (Å²) in [6.45, 7) is 1.07. The predicted octanol–water partition coefficient (Wildman–Crippen LogP) is 2.24. The minimum absolute atomic E-state index is 0.0732. The third-order valence-electron chi connectivity index (χ3n) is 3.96. The third-order valence-corrected chi connectivity index (χ3v) is 3.96. The molecule has 132 valence electrons. The zero-order valence-corrected chi connectivity index (χ0v) is 13.9. The molecule has 2 aromatic rings. The molecule has 0 unspecified atom stereocenters. The van der Waals surface area contributed by atoms with Gasteiger partial charge in [0.1, 0.15) is 11.9 Å². The van der Waals surface area contributed by atoms with E-state index in [0.29, 0.717) is 19.7 Å². The van der Waals surface area contributed by atoms with Crippen LogP contribution in [0.2, 0.25) is 0 Å². The van der Waals surface area contributed by atoms with Crippen LogP contribution < -0.4 is 10.1 Å². The first-order chi connectivity index (χ1) is 12.2. The average Bonchev–Trinajstić information content (AvgIpc) is 2.67. The molecule has 1 aromatic heterocycles. The second kappa shape index (κ2) is 7.94. The predicted molar refractivity (Wildman–Crippen MR) is 91.0 cm³/mol. The van der Waals surface area contributed by atoms with Crippen molar-refractivity contribution < 1.29 is 18.7 Å². The summed E-state index contributed by atoms with van der Waals surface area (Å²) in [5.41, 5.74) is 0.763. The van der Waals surface area contributed by atoms with Crippen molar-refractivity contribution in [3.63, 3.8) is 0 Å². The van der Waals surface area contributed by atoms with Crippen LogP contribution in [0, 0.1) is 5.82 Å². The molecule has 1 aromatic carbocycles. The first-order valence-electron chi connectivity index (χ1n) is 8.09. The summed E-state index contributed by atoms with van der Waals surface area (Å²) in [4.78, 5) is 18.5. The molecule has 1 atom stereocenters. The SMILES string of the molecule is CNc1cccc([C@H]2CN(C(=O)COc3ccccc3F)CCO2)n1.